The second kappa shape index (κ2) is 6.65. The van der Waals surface area contributed by atoms with Crippen molar-refractivity contribution in [3.05, 3.63) is 55.7 Å². The highest BCUT2D eigenvalue weighted by Gasteiger charge is 2.19. The largest absolute Gasteiger partial charge is 0.312 e. The molecule has 0 amide bonds. The van der Waals surface area contributed by atoms with E-state index in [1.807, 2.05) is 11.3 Å². The lowest BCUT2D eigenvalue weighted by Crippen LogP contribution is -2.17. The second-order valence-corrected chi connectivity index (χ2v) is 8.16. The molecule has 0 fully saturated rings. The summed E-state index contributed by atoms with van der Waals surface area (Å²) < 4.78 is 1.21. The Morgan fingerprint density at radius 1 is 1.35 bits per heavy atom. The smallest absolute Gasteiger partial charge is 0.0453 e. The van der Waals surface area contributed by atoms with E-state index < -0.39 is 0 Å². The van der Waals surface area contributed by atoms with Crippen molar-refractivity contribution >= 4 is 39.0 Å². The van der Waals surface area contributed by atoms with E-state index in [9.17, 15) is 0 Å². The van der Waals surface area contributed by atoms with Crippen LogP contribution < -0.4 is 5.32 Å². The van der Waals surface area contributed by atoms with Crippen LogP contribution in [0, 0.1) is 0 Å². The topological polar surface area (TPSA) is 12.0 Å². The highest BCUT2D eigenvalue weighted by Crippen LogP contribution is 2.35. The Morgan fingerprint density at radius 3 is 2.95 bits per heavy atom. The van der Waals surface area contributed by atoms with Crippen LogP contribution in [-0.4, -0.2) is 12.8 Å². The molecule has 1 aliphatic rings. The molecule has 4 heteroatoms. The van der Waals surface area contributed by atoms with Gasteiger partial charge in [-0.1, -0.05) is 34.1 Å². The maximum Gasteiger partial charge on any atom is 0.0453 e. The minimum atomic E-state index is 0.411. The zero-order chi connectivity index (χ0) is 13.9. The van der Waals surface area contributed by atoms with Crippen LogP contribution in [0.25, 0.3) is 0 Å². The van der Waals surface area contributed by atoms with Gasteiger partial charge in [-0.05, 0) is 48.9 Å². The number of halogens is 1. The third kappa shape index (κ3) is 3.14. The molecule has 106 valence electrons. The Kier molecular flexibility index (Phi) is 4.87. The molecule has 1 atom stereocenters. The summed E-state index contributed by atoms with van der Waals surface area (Å²) in [4.78, 5) is 3.09. The van der Waals surface area contributed by atoms with E-state index in [0.717, 1.165) is 6.42 Å². The first-order chi connectivity index (χ1) is 9.78. The summed E-state index contributed by atoms with van der Waals surface area (Å²) in [5.41, 5.74) is 2.93. The third-order valence-corrected chi connectivity index (χ3v) is 6.85. The van der Waals surface area contributed by atoms with Gasteiger partial charge in [-0.3, -0.25) is 0 Å². The van der Waals surface area contributed by atoms with Crippen molar-refractivity contribution in [1.29, 1.82) is 0 Å². The zero-order valence-corrected chi connectivity index (χ0v) is 14.7. The van der Waals surface area contributed by atoms with E-state index in [0.29, 0.717) is 6.04 Å². The van der Waals surface area contributed by atoms with Crippen LogP contribution >= 0.6 is 39.0 Å². The van der Waals surface area contributed by atoms with Crippen LogP contribution in [-0.2, 0) is 18.6 Å². The normalized spacial score (nSPS) is 15.9. The van der Waals surface area contributed by atoms with Gasteiger partial charge in [0.2, 0.25) is 0 Å². The van der Waals surface area contributed by atoms with Gasteiger partial charge in [0.15, 0.2) is 0 Å². The number of thioether (sulfide) groups is 1. The molecule has 1 aromatic heterocycles. The van der Waals surface area contributed by atoms with Gasteiger partial charge >= 0.3 is 0 Å². The van der Waals surface area contributed by atoms with Crippen LogP contribution in [0.1, 0.15) is 26.9 Å². The highest BCUT2D eigenvalue weighted by molar-refractivity contribution is 9.10. The fourth-order valence-electron chi connectivity index (χ4n) is 2.57. The van der Waals surface area contributed by atoms with Gasteiger partial charge in [0.05, 0.1) is 0 Å². The number of fused-ring (bicyclic) bond motifs is 1. The molecule has 0 aliphatic carbocycles. The minimum absolute atomic E-state index is 0.411. The van der Waals surface area contributed by atoms with Gasteiger partial charge in [0, 0.05) is 26.0 Å². The SMILES string of the molecule is CNC(Cc1ccccc1Br)c1cc2c(s1)CCSC2. The Labute approximate surface area is 137 Å². The summed E-state index contributed by atoms with van der Waals surface area (Å²) >= 11 is 7.71. The average Bonchev–Trinajstić information content (AvgIpc) is 2.90. The number of likely N-dealkylation sites (N-methyl/N-ethyl adjacent to an activating group) is 1. The highest BCUT2D eigenvalue weighted by atomic mass is 79.9. The van der Waals surface area contributed by atoms with E-state index in [2.05, 4.69) is 70.4 Å². The van der Waals surface area contributed by atoms with Crippen LogP contribution in [0.15, 0.2) is 34.8 Å². The first kappa shape index (κ1) is 14.6. The molecule has 0 spiro atoms. The molecule has 20 heavy (non-hydrogen) atoms. The fraction of sp³-hybridized carbons (Fsp3) is 0.375. The second-order valence-electron chi connectivity index (χ2n) is 5.04. The number of benzene rings is 1. The summed E-state index contributed by atoms with van der Waals surface area (Å²) in [7, 11) is 2.06. The van der Waals surface area contributed by atoms with E-state index >= 15 is 0 Å². The summed E-state index contributed by atoms with van der Waals surface area (Å²) in [5.74, 6) is 2.47. The lowest BCUT2D eigenvalue weighted by Gasteiger charge is -2.15. The monoisotopic (exact) mass is 367 g/mol. The van der Waals surface area contributed by atoms with Crippen molar-refractivity contribution < 1.29 is 0 Å². The van der Waals surface area contributed by atoms with Crippen LogP contribution in [0.2, 0.25) is 0 Å². The van der Waals surface area contributed by atoms with Gasteiger partial charge < -0.3 is 5.32 Å². The molecule has 0 saturated heterocycles. The van der Waals surface area contributed by atoms with Crippen LogP contribution in [0.3, 0.4) is 0 Å². The number of hydrogen-bond acceptors (Lipinski definition) is 3. The first-order valence-corrected chi connectivity index (χ1v) is 9.64. The maximum absolute atomic E-state index is 3.66. The molecule has 3 rings (SSSR count). The van der Waals surface area contributed by atoms with Crippen LogP contribution in [0.4, 0.5) is 0 Å². The van der Waals surface area contributed by atoms with Crippen LogP contribution in [0.5, 0.6) is 0 Å². The summed E-state index contributed by atoms with van der Waals surface area (Å²) in [6, 6.07) is 11.3. The predicted molar refractivity (Wildman–Crippen MR) is 93.8 cm³/mol. The fourth-order valence-corrected chi connectivity index (χ4v) is 5.50. The Morgan fingerprint density at radius 2 is 2.20 bits per heavy atom. The van der Waals surface area contributed by atoms with E-state index in [4.69, 9.17) is 0 Å². The molecule has 2 heterocycles. The maximum atomic E-state index is 3.66. The van der Waals surface area contributed by atoms with Crippen molar-refractivity contribution in [3.8, 4) is 0 Å². The Balaban J connectivity index is 1.83. The molecular weight excluding hydrogens is 350 g/mol. The summed E-state index contributed by atoms with van der Waals surface area (Å²) in [6.45, 7) is 0. The van der Waals surface area contributed by atoms with Crippen molar-refractivity contribution in [1.82, 2.24) is 5.32 Å². The standard InChI is InChI=1S/C16H18BrNS2/c1-18-14(8-11-4-2-3-5-13(11)17)16-9-12-10-19-7-6-15(12)20-16/h2-5,9,14,18H,6-8,10H2,1H3. The van der Waals surface area contributed by atoms with E-state index in [1.54, 1.807) is 10.4 Å². The number of thiophene rings is 1. The zero-order valence-electron chi connectivity index (χ0n) is 11.5. The summed E-state index contributed by atoms with van der Waals surface area (Å²) in [5, 5.41) is 3.49. The molecule has 1 N–H and O–H groups in total. The van der Waals surface area contributed by atoms with Crippen molar-refractivity contribution in [3.63, 3.8) is 0 Å². The molecule has 0 saturated carbocycles. The molecule has 1 aromatic carbocycles. The Bertz CT molecular complexity index is 570. The van der Waals surface area contributed by atoms with E-state index in [1.165, 1.54) is 32.8 Å². The number of hydrogen-bond donors (Lipinski definition) is 1. The molecular formula is C16H18BrNS2. The van der Waals surface area contributed by atoms with Crippen molar-refractivity contribution in [2.75, 3.05) is 12.8 Å². The van der Waals surface area contributed by atoms with Crippen molar-refractivity contribution in [2.45, 2.75) is 24.6 Å². The van der Waals surface area contributed by atoms with Gasteiger partial charge in [0.25, 0.3) is 0 Å². The molecule has 1 unspecified atom stereocenters. The predicted octanol–water partition coefficient (Wildman–Crippen LogP) is 4.80. The van der Waals surface area contributed by atoms with Gasteiger partial charge in [-0.25, -0.2) is 0 Å². The van der Waals surface area contributed by atoms with Gasteiger partial charge in [-0.15, -0.1) is 11.3 Å². The van der Waals surface area contributed by atoms with E-state index in [-0.39, 0.29) is 0 Å². The quantitative estimate of drug-likeness (QED) is 0.832. The summed E-state index contributed by atoms with van der Waals surface area (Å²) in [6.07, 6.45) is 2.28. The molecule has 0 radical (unpaired) electrons. The molecule has 2 aromatic rings. The van der Waals surface area contributed by atoms with Gasteiger partial charge in [0.1, 0.15) is 0 Å². The average molecular weight is 368 g/mol. The molecule has 0 bridgehead atoms. The first-order valence-electron chi connectivity index (χ1n) is 6.88. The third-order valence-electron chi connectivity index (χ3n) is 3.72. The number of rotatable bonds is 4. The molecule has 1 nitrogen and oxygen atoms in total. The van der Waals surface area contributed by atoms with Crippen molar-refractivity contribution in [2.24, 2.45) is 0 Å². The molecule has 1 aliphatic heterocycles. The number of nitrogens with one attached hydrogen (secondary N) is 1. The van der Waals surface area contributed by atoms with Gasteiger partial charge in [-0.2, -0.15) is 11.8 Å². The Hall–Kier alpha value is -0.290. The lowest BCUT2D eigenvalue weighted by atomic mass is 10.0. The number of aryl methyl sites for hydroxylation is 1. The minimum Gasteiger partial charge on any atom is -0.312 e. The lowest BCUT2D eigenvalue weighted by molar-refractivity contribution is 0.601.